The highest BCUT2D eigenvalue weighted by molar-refractivity contribution is 6.03. The van der Waals surface area contributed by atoms with Crippen LogP contribution in [0.15, 0.2) is 24.4 Å². The molecule has 2 aliphatic rings. The van der Waals surface area contributed by atoms with E-state index in [1.165, 1.54) is 11.8 Å². The zero-order chi connectivity index (χ0) is 27.7. The van der Waals surface area contributed by atoms with Crippen molar-refractivity contribution in [1.29, 1.82) is 5.26 Å². The number of anilines is 1. The van der Waals surface area contributed by atoms with Crippen molar-refractivity contribution in [3.63, 3.8) is 0 Å². The molecule has 0 saturated carbocycles. The fraction of sp³-hybridized carbons (Fsp3) is 0.613. The van der Waals surface area contributed by atoms with Crippen LogP contribution in [0.1, 0.15) is 127 Å². The van der Waals surface area contributed by atoms with E-state index in [1.54, 1.807) is 0 Å². The normalized spacial score (nSPS) is 25.2. The van der Waals surface area contributed by atoms with E-state index in [-0.39, 0.29) is 40.0 Å². The van der Waals surface area contributed by atoms with E-state index < -0.39 is 0 Å². The first-order valence-electron chi connectivity index (χ1n) is 14.0. The molecule has 0 spiro atoms. The molecule has 38 heavy (non-hydrogen) atoms. The largest absolute Gasteiger partial charge is 0.369 e. The third kappa shape index (κ3) is 6.53. The Morgan fingerprint density at radius 2 is 2.03 bits per heavy atom. The summed E-state index contributed by atoms with van der Waals surface area (Å²) in [4.78, 5) is 25.1. The summed E-state index contributed by atoms with van der Waals surface area (Å²) in [5.74, 6) is 0.587. The Morgan fingerprint density at radius 3 is 2.66 bits per heavy atom. The van der Waals surface area contributed by atoms with Gasteiger partial charge < -0.3 is 15.0 Å². The van der Waals surface area contributed by atoms with Gasteiger partial charge in [0, 0.05) is 11.6 Å². The lowest BCUT2D eigenvalue weighted by Gasteiger charge is -2.48. The van der Waals surface area contributed by atoms with E-state index in [2.05, 4.69) is 75.9 Å². The third-order valence-corrected chi connectivity index (χ3v) is 8.19. The molecule has 1 amide bonds. The number of nitriles is 1. The molecular weight excluding hydrogens is 474 g/mol. The number of pyridine rings is 1. The molecule has 3 atom stereocenters. The first-order valence-corrected chi connectivity index (χ1v) is 14.0. The van der Waals surface area contributed by atoms with Crippen LogP contribution >= 0.6 is 0 Å². The second-order valence-corrected chi connectivity index (χ2v) is 13.1. The number of ether oxygens (including phenoxy) is 1. The Labute approximate surface area is 227 Å². The van der Waals surface area contributed by atoms with Crippen LogP contribution in [-0.4, -0.2) is 32.1 Å². The highest BCUT2D eigenvalue weighted by Gasteiger charge is 2.43. The van der Waals surface area contributed by atoms with E-state index in [4.69, 9.17) is 15.0 Å². The van der Waals surface area contributed by atoms with Crippen LogP contribution in [0.5, 0.6) is 0 Å². The van der Waals surface area contributed by atoms with Crippen LogP contribution in [-0.2, 0) is 4.74 Å². The van der Waals surface area contributed by atoms with Crippen molar-refractivity contribution >= 4 is 17.2 Å². The van der Waals surface area contributed by atoms with Crippen molar-refractivity contribution < 1.29 is 9.53 Å². The molecule has 1 fully saturated rings. The predicted octanol–water partition coefficient (Wildman–Crippen LogP) is 7.39. The zero-order valence-corrected chi connectivity index (χ0v) is 24.1. The Morgan fingerprint density at radius 1 is 1.26 bits per heavy atom. The Kier molecular flexibility index (Phi) is 7.86. The lowest BCUT2D eigenvalue weighted by Crippen LogP contribution is -2.47. The summed E-state index contributed by atoms with van der Waals surface area (Å²) >= 11 is 0. The molecule has 2 N–H and O–H groups in total. The Hall–Kier alpha value is -2.98. The zero-order valence-electron chi connectivity index (χ0n) is 24.1. The number of nitrogens with one attached hydrogen (secondary N) is 2. The minimum atomic E-state index is -0.382. The lowest BCUT2D eigenvalue weighted by molar-refractivity contribution is -0.179. The summed E-state index contributed by atoms with van der Waals surface area (Å²) in [7, 11) is 0. The molecule has 204 valence electrons. The number of aromatic nitrogens is 3. The van der Waals surface area contributed by atoms with Gasteiger partial charge in [-0.15, -0.1) is 0 Å². The van der Waals surface area contributed by atoms with E-state index in [9.17, 15) is 4.79 Å². The molecule has 2 aromatic rings. The number of amides is 1. The van der Waals surface area contributed by atoms with Gasteiger partial charge >= 0.3 is 0 Å². The van der Waals surface area contributed by atoms with Crippen molar-refractivity contribution in [3.8, 4) is 6.07 Å². The highest BCUT2D eigenvalue weighted by atomic mass is 16.5. The topological polar surface area (TPSA) is 104 Å². The quantitative estimate of drug-likeness (QED) is 0.398. The molecule has 0 radical (unpaired) electrons. The lowest BCUT2D eigenvalue weighted by atomic mass is 9.74. The monoisotopic (exact) mass is 517 g/mol. The van der Waals surface area contributed by atoms with Gasteiger partial charge in [-0.1, -0.05) is 40.2 Å². The van der Waals surface area contributed by atoms with Gasteiger partial charge in [-0.3, -0.25) is 9.78 Å². The van der Waals surface area contributed by atoms with Crippen LogP contribution in [0.25, 0.3) is 5.57 Å². The van der Waals surface area contributed by atoms with Gasteiger partial charge in [-0.2, -0.15) is 5.26 Å². The maximum absolute atomic E-state index is 13.0. The molecule has 2 aromatic heterocycles. The molecular formula is C31H43N5O2. The van der Waals surface area contributed by atoms with Crippen molar-refractivity contribution in [2.45, 2.75) is 111 Å². The van der Waals surface area contributed by atoms with Crippen molar-refractivity contribution in [2.24, 2.45) is 11.3 Å². The van der Waals surface area contributed by atoms with Crippen molar-refractivity contribution in [1.82, 2.24) is 15.0 Å². The molecule has 7 heteroatoms. The fourth-order valence-corrected chi connectivity index (χ4v) is 6.17. The first kappa shape index (κ1) is 28.0. The number of hydrogen-bond acceptors (Lipinski definition) is 5. The molecule has 1 aliphatic carbocycles. The van der Waals surface area contributed by atoms with E-state index in [0.717, 1.165) is 56.3 Å². The number of aromatic amines is 1. The second-order valence-electron chi connectivity index (χ2n) is 13.1. The summed E-state index contributed by atoms with van der Waals surface area (Å²) < 4.78 is 6.66. The predicted molar refractivity (Wildman–Crippen MR) is 151 cm³/mol. The van der Waals surface area contributed by atoms with Gasteiger partial charge in [0.15, 0.2) is 5.82 Å². The number of H-pyrrole nitrogens is 1. The van der Waals surface area contributed by atoms with Crippen LogP contribution < -0.4 is 5.32 Å². The van der Waals surface area contributed by atoms with Gasteiger partial charge in [-0.25, -0.2) is 4.98 Å². The van der Waals surface area contributed by atoms with E-state index in [1.807, 2.05) is 12.1 Å². The minimum absolute atomic E-state index is 0.113. The summed E-state index contributed by atoms with van der Waals surface area (Å²) in [5.41, 5.74) is 3.80. The summed E-state index contributed by atoms with van der Waals surface area (Å²) in [5, 5.41) is 12.1. The molecule has 3 unspecified atom stereocenters. The van der Waals surface area contributed by atoms with Gasteiger partial charge in [0.25, 0.3) is 5.91 Å². The Balaban J connectivity index is 1.69. The second kappa shape index (κ2) is 10.6. The van der Waals surface area contributed by atoms with Crippen molar-refractivity contribution in [2.75, 3.05) is 5.32 Å². The number of imidazole rings is 1. The molecule has 7 nitrogen and oxygen atoms in total. The van der Waals surface area contributed by atoms with Crippen LogP contribution in [0.2, 0.25) is 0 Å². The standard InChI is InChI=1S/C31H43N5O2/c1-8-20(2)15-31(7)17-22(16-30(5,6)38-31)24-9-10-25(36-28(37)27-33-19-23(18-32)34-27)26(35-24)21-11-13-29(3,4)14-12-21/h9-11,19-20,22H,8,12-17H2,1-7H3,(H,33,34)(H,36,37). The SMILES string of the molecule is CCC(C)CC1(C)CC(c2ccc(NC(=O)c3ncc(C#N)[nH]3)c(C3=CCC(C)(C)CC3)n2)CC(C)(C)O1. The van der Waals surface area contributed by atoms with Crippen molar-refractivity contribution in [3.05, 3.63) is 47.3 Å². The highest BCUT2D eigenvalue weighted by Crippen LogP contribution is 2.47. The summed E-state index contributed by atoms with van der Waals surface area (Å²) in [6, 6.07) is 6.02. The smallest absolute Gasteiger partial charge is 0.291 e. The van der Waals surface area contributed by atoms with Crippen LogP contribution in [0.3, 0.4) is 0 Å². The minimum Gasteiger partial charge on any atom is -0.369 e. The van der Waals surface area contributed by atoms with Gasteiger partial charge in [0.1, 0.15) is 11.8 Å². The molecule has 4 rings (SSSR count). The number of carbonyl (C=O) groups excluding carboxylic acids is 1. The Bertz CT molecular complexity index is 1250. The number of nitrogens with zero attached hydrogens (tertiary/aromatic N) is 3. The molecule has 0 bridgehead atoms. The van der Waals surface area contributed by atoms with Gasteiger partial charge in [-0.05, 0) is 88.3 Å². The van der Waals surface area contributed by atoms with Crippen LogP contribution in [0, 0.1) is 22.7 Å². The van der Waals surface area contributed by atoms with Crippen LogP contribution in [0.4, 0.5) is 5.69 Å². The summed E-state index contributed by atoms with van der Waals surface area (Å²) in [6.45, 7) is 15.8. The first-order chi connectivity index (χ1) is 17.8. The summed E-state index contributed by atoms with van der Waals surface area (Å²) in [6.07, 6.45) is 10.6. The third-order valence-electron chi connectivity index (χ3n) is 8.19. The number of allylic oxidation sites excluding steroid dienone is 2. The average Bonchev–Trinajstić information content (AvgIpc) is 3.32. The maximum atomic E-state index is 13.0. The van der Waals surface area contributed by atoms with Gasteiger partial charge in [0.05, 0.1) is 28.8 Å². The number of hydrogen-bond donors (Lipinski definition) is 2. The average molecular weight is 518 g/mol. The molecule has 1 aliphatic heterocycles. The van der Waals surface area contributed by atoms with Gasteiger partial charge in [0.2, 0.25) is 0 Å². The number of carbonyl (C=O) groups is 1. The fourth-order valence-electron chi connectivity index (χ4n) is 6.17. The number of rotatable bonds is 7. The van der Waals surface area contributed by atoms with E-state index in [0.29, 0.717) is 11.6 Å². The molecule has 1 saturated heterocycles. The van der Waals surface area contributed by atoms with E-state index >= 15 is 0 Å². The molecule has 3 heterocycles. The maximum Gasteiger partial charge on any atom is 0.291 e. The molecule has 0 aromatic carbocycles.